The van der Waals surface area contributed by atoms with Gasteiger partial charge in [-0.1, -0.05) is 73.5 Å². The minimum Gasteiger partial charge on any atom is -0.296 e. The van der Waals surface area contributed by atoms with Crippen molar-refractivity contribution in [1.29, 1.82) is 0 Å². The van der Waals surface area contributed by atoms with E-state index in [-0.39, 0.29) is 24.5 Å². The Balaban J connectivity index is 1.86. The van der Waals surface area contributed by atoms with Crippen LogP contribution in [0.2, 0.25) is 0 Å². The molecule has 23 heavy (non-hydrogen) atoms. The fourth-order valence-corrected chi connectivity index (χ4v) is 3.63. The van der Waals surface area contributed by atoms with Crippen LogP contribution in [0.15, 0.2) is 60.7 Å². The van der Waals surface area contributed by atoms with E-state index in [4.69, 9.17) is 0 Å². The quantitative estimate of drug-likeness (QED) is 0.738. The molecule has 2 heteroatoms. The van der Waals surface area contributed by atoms with E-state index < -0.39 is 5.67 Å². The minimum atomic E-state index is -1.81. The SMILES string of the molecule is O=C(C1CCCC1)C(F)(Cc1ccccc1)Cc1ccccc1. The highest BCUT2D eigenvalue weighted by atomic mass is 19.1. The summed E-state index contributed by atoms with van der Waals surface area (Å²) in [6.45, 7) is 0. The molecule has 2 aromatic rings. The summed E-state index contributed by atoms with van der Waals surface area (Å²) in [5.74, 6) is -0.296. The third kappa shape index (κ3) is 3.87. The molecule has 0 amide bonds. The Morgan fingerprint density at radius 3 is 1.74 bits per heavy atom. The normalized spacial score (nSPS) is 15.7. The van der Waals surface area contributed by atoms with Crippen molar-refractivity contribution < 1.29 is 9.18 Å². The highest BCUT2D eigenvalue weighted by Crippen LogP contribution is 2.34. The first-order valence-electron chi connectivity index (χ1n) is 8.48. The molecule has 0 spiro atoms. The Bertz CT molecular complexity index is 588. The molecule has 0 radical (unpaired) electrons. The van der Waals surface area contributed by atoms with Crippen molar-refractivity contribution in [3.8, 4) is 0 Å². The van der Waals surface area contributed by atoms with Crippen molar-refractivity contribution >= 4 is 5.78 Å². The Kier molecular flexibility index (Phi) is 4.90. The molecule has 0 aliphatic heterocycles. The van der Waals surface area contributed by atoms with Gasteiger partial charge in [0.15, 0.2) is 11.5 Å². The van der Waals surface area contributed by atoms with Gasteiger partial charge in [0.1, 0.15) is 0 Å². The van der Waals surface area contributed by atoms with Crippen molar-refractivity contribution in [2.45, 2.75) is 44.2 Å². The summed E-state index contributed by atoms with van der Waals surface area (Å²) in [7, 11) is 0. The van der Waals surface area contributed by atoms with Gasteiger partial charge in [-0.2, -0.15) is 0 Å². The van der Waals surface area contributed by atoms with E-state index in [1.807, 2.05) is 60.7 Å². The summed E-state index contributed by atoms with van der Waals surface area (Å²) in [5, 5.41) is 0. The first kappa shape index (κ1) is 15.9. The number of carbonyl (C=O) groups is 1. The van der Waals surface area contributed by atoms with Gasteiger partial charge in [0.2, 0.25) is 0 Å². The van der Waals surface area contributed by atoms with Gasteiger partial charge in [-0.15, -0.1) is 0 Å². The van der Waals surface area contributed by atoms with Crippen LogP contribution < -0.4 is 0 Å². The lowest BCUT2D eigenvalue weighted by molar-refractivity contribution is -0.134. The van der Waals surface area contributed by atoms with Crippen molar-refractivity contribution in [1.82, 2.24) is 0 Å². The molecular formula is C21H23FO. The number of hydrogen-bond donors (Lipinski definition) is 0. The van der Waals surface area contributed by atoms with E-state index in [1.54, 1.807) is 0 Å². The van der Waals surface area contributed by atoms with Crippen LogP contribution >= 0.6 is 0 Å². The van der Waals surface area contributed by atoms with Gasteiger partial charge in [0, 0.05) is 18.8 Å². The maximum atomic E-state index is 15.9. The van der Waals surface area contributed by atoms with Gasteiger partial charge < -0.3 is 0 Å². The maximum Gasteiger partial charge on any atom is 0.177 e. The number of benzene rings is 2. The van der Waals surface area contributed by atoms with E-state index in [2.05, 4.69) is 0 Å². The molecule has 2 aromatic carbocycles. The molecular weight excluding hydrogens is 287 g/mol. The van der Waals surface area contributed by atoms with E-state index in [1.165, 1.54) is 0 Å². The average Bonchev–Trinajstić information content (AvgIpc) is 3.10. The summed E-state index contributed by atoms with van der Waals surface area (Å²) in [6.07, 6.45) is 4.10. The minimum absolute atomic E-state index is 0.104. The van der Waals surface area contributed by atoms with Crippen LogP contribution in [0.25, 0.3) is 0 Å². The molecule has 0 saturated heterocycles. The largest absolute Gasteiger partial charge is 0.296 e. The van der Waals surface area contributed by atoms with Crippen LogP contribution in [0.1, 0.15) is 36.8 Å². The number of alkyl halides is 1. The van der Waals surface area contributed by atoms with E-state index in [0.29, 0.717) is 0 Å². The Morgan fingerprint density at radius 2 is 1.30 bits per heavy atom. The number of rotatable bonds is 6. The predicted octanol–water partition coefficient (Wildman–Crippen LogP) is 4.94. The first-order chi connectivity index (χ1) is 11.2. The Labute approximate surface area is 137 Å². The molecule has 1 nitrogen and oxygen atoms in total. The van der Waals surface area contributed by atoms with Gasteiger partial charge in [0.05, 0.1) is 0 Å². The van der Waals surface area contributed by atoms with Crippen molar-refractivity contribution in [2.75, 3.05) is 0 Å². The molecule has 0 atom stereocenters. The lowest BCUT2D eigenvalue weighted by Gasteiger charge is -2.27. The highest BCUT2D eigenvalue weighted by Gasteiger charge is 2.43. The second-order valence-corrected chi connectivity index (χ2v) is 6.64. The number of hydrogen-bond acceptors (Lipinski definition) is 1. The second-order valence-electron chi connectivity index (χ2n) is 6.64. The Morgan fingerprint density at radius 1 is 0.870 bits per heavy atom. The lowest BCUT2D eigenvalue weighted by Crippen LogP contribution is -2.42. The molecule has 120 valence electrons. The van der Waals surface area contributed by atoms with Crippen LogP contribution in [-0.4, -0.2) is 11.5 Å². The van der Waals surface area contributed by atoms with Crippen LogP contribution in [0, 0.1) is 5.92 Å². The van der Waals surface area contributed by atoms with Crippen LogP contribution in [0.3, 0.4) is 0 Å². The smallest absolute Gasteiger partial charge is 0.177 e. The van der Waals surface area contributed by atoms with Crippen molar-refractivity contribution in [3.63, 3.8) is 0 Å². The second kappa shape index (κ2) is 7.08. The van der Waals surface area contributed by atoms with Crippen molar-refractivity contribution in [2.24, 2.45) is 5.92 Å². The van der Waals surface area contributed by atoms with Gasteiger partial charge in [-0.3, -0.25) is 4.79 Å². The fraction of sp³-hybridized carbons (Fsp3) is 0.381. The summed E-state index contributed by atoms with van der Waals surface area (Å²) < 4.78 is 15.9. The summed E-state index contributed by atoms with van der Waals surface area (Å²) in [5.41, 5.74) is -0.0351. The Hall–Kier alpha value is -1.96. The molecule has 0 aromatic heterocycles. The molecule has 1 aliphatic rings. The zero-order valence-electron chi connectivity index (χ0n) is 13.4. The number of Topliss-reactive ketones (excluding diaryl/α,β-unsaturated/α-hetero) is 1. The van der Waals surface area contributed by atoms with Gasteiger partial charge in [-0.05, 0) is 24.0 Å². The first-order valence-corrected chi connectivity index (χ1v) is 8.48. The number of carbonyl (C=O) groups excluding carboxylic acids is 1. The highest BCUT2D eigenvalue weighted by molar-refractivity contribution is 5.90. The lowest BCUT2D eigenvalue weighted by atomic mass is 9.80. The van der Waals surface area contributed by atoms with Crippen LogP contribution in [-0.2, 0) is 17.6 Å². The predicted molar refractivity (Wildman–Crippen MR) is 91.1 cm³/mol. The monoisotopic (exact) mass is 310 g/mol. The molecule has 0 unspecified atom stereocenters. The molecule has 0 N–H and O–H groups in total. The van der Waals surface area contributed by atoms with E-state index in [9.17, 15) is 4.79 Å². The zero-order chi connectivity index (χ0) is 16.1. The maximum absolute atomic E-state index is 15.9. The molecule has 0 heterocycles. The third-order valence-corrected chi connectivity index (χ3v) is 4.82. The van der Waals surface area contributed by atoms with Crippen LogP contribution in [0.5, 0.6) is 0 Å². The average molecular weight is 310 g/mol. The molecule has 1 aliphatic carbocycles. The van der Waals surface area contributed by atoms with Gasteiger partial charge in [-0.25, -0.2) is 4.39 Å². The third-order valence-electron chi connectivity index (χ3n) is 4.82. The molecule has 3 rings (SSSR count). The summed E-state index contributed by atoms with van der Waals surface area (Å²) in [6, 6.07) is 19.1. The number of ketones is 1. The van der Waals surface area contributed by atoms with E-state index in [0.717, 1.165) is 36.8 Å². The van der Waals surface area contributed by atoms with E-state index >= 15 is 4.39 Å². The fourth-order valence-electron chi connectivity index (χ4n) is 3.63. The van der Waals surface area contributed by atoms with Gasteiger partial charge in [0.25, 0.3) is 0 Å². The topological polar surface area (TPSA) is 17.1 Å². The standard InChI is InChI=1S/C21H23FO/c22-21(15-17-9-3-1-4-10-17,16-18-11-5-2-6-12-18)20(23)19-13-7-8-14-19/h1-6,9-12,19H,7-8,13-16H2. The van der Waals surface area contributed by atoms with Gasteiger partial charge >= 0.3 is 0 Å². The molecule has 1 saturated carbocycles. The molecule has 1 fully saturated rings. The summed E-state index contributed by atoms with van der Waals surface area (Å²) in [4.78, 5) is 12.9. The van der Waals surface area contributed by atoms with Crippen molar-refractivity contribution in [3.05, 3.63) is 71.8 Å². The zero-order valence-corrected chi connectivity index (χ0v) is 13.4. The molecule has 0 bridgehead atoms. The summed E-state index contributed by atoms with van der Waals surface area (Å²) >= 11 is 0. The van der Waals surface area contributed by atoms with Crippen LogP contribution in [0.4, 0.5) is 4.39 Å². The number of halogens is 1.